The topological polar surface area (TPSA) is 43.1 Å². The number of hydrogen-bond acceptors (Lipinski definition) is 3. The zero-order valence-electron chi connectivity index (χ0n) is 8.04. The van der Waals surface area contributed by atoms with E-state index in [2.05, 4.69) is 15.9 Å². The molecule has 0 aliphatic rings. The van der Waals surface area contributed by atoms with Crippen LogP contribution in [0.25, 0.3) is 0 Å². The second kappa shape index (κ2) is 4.35. The molecule has 0 unspecified atom stereocenters. The number of hydrogen-bond donors (Lipinski definition) is 1. The Balaban J connectivity index is 2.49. The molecule has 5 heteroatoms. The van der Waals surface area contributed by atoms with E-state index in [1.54, 1.807) is 12.1 Å². The lowest BCUT2D eigenvalue weighted by molar-refractivity contribution is 0.104. The molecule has 0 fully saturated rings. The van der Waals surface area contributed by atoms with Crippen molar-refractivity contribution in [2.45, 2.75) is 0 Å². The summed E-state index contributed by atoms with van der Waals surface area (Å²) >= 11 is 4.50. The van der Waals surface area contributed by atoms with E-state index in [0.717, 1.165) is 0 Å². The van der Waals surface area contributed by atoms with E-state index in [4.69, 9.17) is 5.73 Å². The maximum absolute atomic E-state index is 13.1. The van der Waals surface area contributed by atoms with Crippen molar-refractivity contribution in [3.63, 3.8) is 0 Å². The molecule has 1 aromatic carbocycles. The monoisotopic (exact) mass is 299 g/mol. The van der Waals surface area contributed by atoms with Gasteiger partial charge in [0.2, 0.25) is 5.78 Å². The van der Waals surface area contributed by atoms with Gasteiger partial charge in [0.25, 0.3) is 0 Å². The van der Waals surface area contributed by atoms with E-state index < -0.39 is 5.82 Å². The third-order valence-corrected chi connectivity index (χ3v) is 3.60. The fourth-order valence-corrected chi connectivity index (χ4v) is 2.45. The smallest absolute Gasteiger partial charge is 0.204 e. The van der Waals surface area contributed by atoms with Gasteiger partial charge in [-0.1, -0.05) is 6.07 Å². The molecule has 2 aromatic rings. The minimum atomic E-state index is -0.533. The first kappa shape index (κ1) is 11.3. The van der Waals surface area contributed by atoms with Crippen LogP contribution in [0.4, 0.5) is 10.1 Å². The molecule has 0 saturated heterocycles. The molecule has 0 saturated carbocycles. The van der Waals surface area contributed by atoms with Crippen LogP contribution < -0.4 is 5.73 Å². The molecule has 0 atom stereocenters. The van der Waals surface area contributed by atoms with Crippen molar-refractivity contribution in [3.8, 4) is 0 Å². The predicted octanol–water partition coefficient (Wildman–Crippen LogP) is 3.46. The molecule has 82 valence electrons. The summed E-state index contributed by atoms with van der Waals surface area (Å²) in [6, 6.07) is 6.06. The molecule has 2 rings (SSSR count). The lowest BCUT2D eigenvalue weighted by atomic mass is 10.1. The number of benzene rings is 1. The molecular weight excluding hydrogens is 293 g/mol. The van der Waals surface area contributed by atoms with E-state index in [1.165, 1.54) is 23.5 Å². The standard InChI is InChI=1S/C11H7BrFNOS/c12-7-5-8(13)9(14)4-6(7)11(15)10-2-1-3-16-10/h1-5H,14H2. The van der Waals surface area contributed by atoms with Crippen molar-refractivity contribution in [1.82, 2.24) is 0 Å². The fourth-order valence-electron chi connectivity index (χ4n) is 1.28. The number of rotatable bonds is 2. The number of ketones is 1. The van der Waals surface area contributed by atoms with Crippen LogP contribution in [0.15, 0.2) is 34.1 Å². The van der Waals surface area contributed by atoms with E-state index in [1.807, 2.05) is 5.38 Å². The molecule has 0 bridgehead atoms. The lowest BCUT2D eigenvalue weighted by Gasteiger charge is -2.04. The SMILES string of the molecule is Nc1cc(C(=O)c2cccs2)c(Br)cc1F. The Bertz CT molecular complexity index is 539. The molecule has 0 amide bonds. The average Bonchev–Trinajstić information content (AvgIpc) is 2.75. The number of anilines is 1. The first-order valence-corrected chi connectivity index (χ1v) is 6.09. The van der Waals surface area contributed by atoms with Crippen LogP contribution in [0.2, 0.25) is 0 Å². The van der Waals surface area contributed by atoms with E-state index >= 15 is 0 Å². The molecule has 2 nitrogen and oxygen atoms in total. The summed E-state index contributed by atoms with van der Waals surface area (Å²) in [6.07, 6.45) is 0. The van der Waals surface area contributed by atoms with Crippen LogP contribution in [-0.4, -0.2) is 5.78 Å². The number of nitrogen functional groups attached to an aromatic ring is 1. The zero-order chi connectivity index (χ0) is 11.7. The van der Waals surface area contributed by atoms with Crippen LogP contribution in [-0.2, 0) is 0 Å². The first-order chi connectivity index (χ1) is 7.59. The molecule has 0 radical (unpaired) electrons. The van der Waals surface area contributed by atoms with E-state index in [-0.39, 0.29) is 11.5 Å². The molecule has 0 aliphatic carbocycles. The van der Waals surface area contributed by atoms with Gasteiger partial charge in [-0.3, -0.25) is 4.79 Å². The minimum Gasteiger partial charge on any atom is -0.396 e. The third-order valence-electron chi connectivity index (χ3n) is 2.08. The Morgan fingerprint density at radius 3 is 2.81 bits per heavy atom. The summed E-state index contributed by atoms with van der Waals surface area (Å²) < 4.78 is 13.5. The van der Waals surface area contributed by atoms with Crippen molar-refractivity contribution >= 4 is 38.7 Å². The fraction of sp³-hybridized carbons (Fsp3) is 0. The highest BCUT2D eigenvalue weighted by Gasteiger charge is 2.15. The van der Waals surface area contributed by atoms with Gasteiger partial charge in [-0.25, -0.2) is 4.39 Å². The van der Waals surface area contributed by atoms with Gasteiger partial charge in [0, 0.05) is 10.0 Å². The molecule has 1 heterocycles. The van der Waals surface area contributed by atoms with Gasteiger partial charge in [0.05, 0.1) is 10.6 Å². The quantitative estimate of drug-likeness (QED) is 0.682. The van der Waals surface area contributed by atoms with E-state index in [0.29, 0.717) is 14.9 Å². The summed E-state index contributed by atoms with van der Waals surface area (Å²) in [5.41, 5.74) is 5.79. The Morgan fingerprint density at radius 1 is 1.44 bits per heavy atom. The van der Waals surface area contributed by atoms with Crippen LogP contribution in [0.1, 0.15) is 15.2 Å². The van der Waals surface area contributed by atoms with Gasteiger partial charge >= 0.3 is 0 Å². The van der Waals surface area contributed by atoms with Gasteiger partial charge in [-0.05, 0) is 39.5 Å². The van der Waals surface area contributed by atoms with Crippen LogP contribution in [0, 0.1) is 5.82 Å². The number of carbonyl (C=O) groups excluding carboxylic acids is 1. The molecule has 0 spiro atoms. The maximum Gasteiger partial charge on any atom is 0.204 e. The summed E-state index contributed by atoms with van der Waals surface area (Å²) in [6.45, 7) is 0. The first-order valence-electron chi connectivity index (χ1n) is 4.42. The van der Waals surface area contributed by atoms with Crippen molar-refractivity contribution < 1.29 is 9.18 Å². The predicted molar refractivity (Wildman–Crippen MR) is 66.3 cm³/mol. The van der Waals surface area contributed by atoms with Crippen molar-refractivity contribution in [1.29, 1.82) is 0 Å². The Labute approximate surface area is 104 Å². The number of nitrogens with two attached hydrogens (primary N) is 1. The third kappa shape index (κ3) is 2.01. The van der Waals surface area contributed by atoms with Gasteiger partial charge in [-0.15, -0.1) is 11.3 Å². The minimum absolute atomic E-state index is 0.0249. The Hall–Kier alpha value is -1.20. The summed E-state index contributed by atoms with van der Waals surface area (Å²) in [5, 5.41) is 1.81. The number of halogens is 2. The van der Waals surface area contributed by atoms with Crippen LogP contribution in [0.3, 0.4) is 0 Å². The lowest BCUT2D eigenvalue weighted by Crippen LogP contribution is -2.02. The highest BCUT2D eigenvalue weighted by Crippen LogP contribution is 2.26. The van der Waals surface area contributed by atoms with E-state index in [9.17, 15) is 9.18 Å². The largest absolute Gasteiger partial charge is 0.396 e. The molecule has 1 aromatic heterocycles. The summed E-state index contributed by atoms with van der Waals surface area (Å²) in [4.78, 5) is 12.6. The maximum atomic E-state index is 13.1. The Kier molecular flexibility index (Phi) is 3.07. The van der Waals surface area contributed by atoms with Gasteiger partial charge in [0.1, 0.15) is 5.82 Å². The van der Waals surface area contributed by atoms with Gasteiger partial charge in [-0.2, -0.15) is 0 Å². The molecular formula is C11H7BrFNOS. The molecule has 0 aliphatic heterocycles. The summed E-state index contributed by atoms with van der Waals surface area (Å²) in [5.74, 6) is -0.692. The highest BCUT2D eigenvalue weighted by molar-refractivity contribution is 9.10. The molecule has 2 N–H and O–H groups in total. The number of carbonyl (C=O) groups is 1. The highest BCUT2D eigenvalue weighted by atomic mass is 79.9. The average molecular weight is 300 g/mol. The van der Waals surface area contributed by atoms with Gasteiger partial charge in [0.15, 0.2) is 0 Å². The van der Waals surface area contributed by atoms with Crippen molar-refractivity contribution in [3.05, 3.63) is 50.4 Å². The normalized spacial score (nSPS) is 10.4. The second-order valence-electron chi connectivity index (χ2n) is 3.16. The van der Waals surface area contributed by atoms with Gasteiger partial charge < -0.3 is 5.73 Å². The summed E-state index contributed by atoms with van der Waals surface area (Å²) in [7, 11) is 0. The Morgan fingerprint density at radius 2 is 2.19 bits per heavy atom. The van der Waals surface area contributed by atoms with Crippen LogP contribution >= 0.6 is 27.3 Å². The second-order valence-corrected chi connectivity index (χ2v) is 4.96. The zero-order valence-corrected chi connectivity index (χ0v) is 10.4. The van der Waals surface area contributed by atoms with Crippen molar-refractivity contribution in [2.24, 2.45) is 0 Å². The number of thiophene rings is 1. The molecule has 16 heavy (non-hydrogen) atoms. The van der Waals surface area contributed by atoms with Crippen molar-refractivity contribution in [2.75, 3.05) is 5.73 Å². The van der Waals surface area contributed by atoms with Crippen LogP contribution in [0.5, 0.6) is 0 Å².